The first kappa shape index (κ1) is 22.6. The van der Waals surface area contributed by atoms with Gasteiger partial charge in [-0.1, -0.05) is 24.3 Å². The highest BCUT2D eigenvalue weighted by molar-refractivity contribution is 7.89. The van der Waals surface area contributed by atoms with Crippen molar-refractivity contribution in [2.75, 3.05) is 31.1 Å². The highest BCUT2D eigenvalue weighted by atomic mass is 32.2. The van der Waals surface area contributed by atoms with Gasteiger partial charge in [-0.15, -0.1) is 0 Å². The summed E-state index contributed by atoms with van der Waals surface area (Å²) in [6.45, 7) is 4.62. The number of anilines is 1. The summed E-state index contributed by atoms with van der Waals surface area (Å²) in [5, 5.41) is 11.2. The Bertz CT molecular complexity index is 1280. The molecule has 4 rings (SSSR count). The van der Waals surface area contributed by atoms with Crippen LogP contribution in [0.1, 0.15) is 11.4 Å². The van der Waals surface area contributed by atoms with E-state index in [-0.39, 0.29) is 23.7 Å². The number of para-hydroxylation sites is 1. The number of sulfonamides is 1. The quantitative estimate of drug-likeness (QED) is 0.398. The molecular formula is C22H23N5O5S. The van der Waals surface area contributed by atoms with Crippen molar-refractivity contribution in [3.63, 3.8) is 0 Å². The SMILES string of the molecule is Cc1nc(Oc2ccccc2)cc(N2CCN(S(=O)(=O)c3ccc(C)c([N+](=O)[O-])c3)CC2)n1. The standard InChI is InChI=1S/C22H23N5O5S/c1-16-8-9-19(14-20(16)27(28)29)33(30,31)26-12-10-25(11-13-26)21-15-22(24-17(2)23-21)32-18-6-4-3-5-7-18/h3-9,14-15H,10-13H2,1-2H3. The monoisotopic (exact) mass is 469 g/mol. The summed E-state index contributed by atoms with van der Waals surface area (Å²) in [6.07, 6.45) is 0. The number of aryl methyl sites for hydroxylation is 2. The number of rotatable bonds is 6. The molecule has 1 aliphatic heterocycles. The lowest BCUT2D eigenvalue weighted by Gasteiger charge is -2.34. The predicted octanol–water partition coefficient (Wildman–Crippen LogP) is 3.30. The Balaban J connectivity index is 1.49. The number of ether oxygens (including phenoxy) is 1. The molecule has 0 radical (unpaired) electrons. The fourth-order valence-corrected chi connectivity index (χ4v) is 5.04. The Labute approximate surface area is 191 Å². The van der Waals surface area contributed by atoms with E-state index in [1.165, 1.54) is 16.4 Å². The number of aromatic nitrogens is 2. The van der Waals surface area contributed by atoms with E-state index >= 15 is 0 Å². The third-order valence-electron chi connectivity index (χ3n) is 5.34. The molecule has 2 aromatic carbocycles. The minimum absolute atomic E-state index is 0.0790. The van der Waals surface area contributed by atoms with Crippen molar-refractivity contribution in [1.29, 1.82) is 0 Å². The second kappa shape index (κ2) is 9.12. The first-order valence-electron chi connectivity index (χ1n) is 10.3. The Morgan fingerprint density at radius 3 is 2.33 bits per heavy atom. The Hall–Kier alpha value is -3.57. The molecule has 1 saturated heterocycles. The number of benzene rings is 2. The van der Waals surface area contributed by atoms with Crippen molar-refractivity contribution in [3.8, 4) is 11.6 Å². The summed E-state index contributed by atoms with van der Waals surface area (Å²) >= 11 is 0. The van der Waals surface area contributed by atoms with Crippen LogP contribution in [-0.2, 0) is 10.0 Å². The van der Waals surface area contributed by atoms with Crippen molar-refractivity contribution >= 4 is 21.5 Å². The molecule has 0 atom stereocenters. The van der Waals surface area contributed by atoms with Crippen LogP contribution in [0.4, 0.5) is 11.5 Å². The first-order valence-corrected chi connectivity index (χ1v) is 11.8. The fourth-order valence-electron chi connectivity index (χ4n) is 3.60. The molecule has 1 fully saturated rings. The second-order valence-electron chi connectivity index (χ2n) is 7.62. The summed E-state index contributed by atoms with van der Waals surface area (Å²) < 4.78 is 33.3. The van der Waals surface area contributed by atoms with Crippen LogP contribution in [0.25, 0.3) is 0 Å². The van der Waals surface area contributed by atoms with Gasteiger partial charge in [0.25, 0.3) is 5.69 Å². The molecule has 3 aromatic rings. The lowest BCUT2D eigenvalue weighted by molar-refractivity contribution is -0.385. The Morgan fingerprint density at radius 1 is 0.970 bits per heavy atom. The van der Waals surface area contributed by atoms with E-state index in [0.29, 0.717) is 41.9 Å². The fraction of sp³-hybridized carbons (Fsp3) is 0.273. The number of piperazine rings is 1. The van der Waals surface area contributed by atoms with Crippen molar-refractivity contribution in [2.45, 2.75) is 18.7 Å². The van der Waals surface area contributed by atoms with Gasteiger partial charge in [0, 0.05) is 43.9 Å². The Kier molecular flexibility index (Phi) is 6.25. The van der Waals surface area contributed by atoms with Gasteiger partial charge in [0.05, 0.1) is 9.82 Å². The van der Waals surface area contributed by atoms with Crippen LogP contribution in [-0.4, -0.2) is 53.8 Å². The van der Waals surface area contributed by atoms with Crippen molar-refractivity contribution in [2.24, 2.45) is 0 Å². The summed E-state index contributed by atoms with van der Waals surface area (Å²) in [5.41, 5.74) is 0.202. The topological polar surface area (TPSA) is 119 Å². The van der Waals surface area contributed by atoms with E-state index in [1.54, 1.807) is 19.9 Å². The normalized spacial score (nSPS) is 14.8. The summed E-state index contributed by atoms with van der Waals surface area (Å²) in [4.78, 5) is 21.3. The number of hydrogen-bond donors (Lipinski definition) is 0. The largest absolute Gasteiger partial charge is 0.439 e. The second-order valence-corrected chi connectivity index (χ2v) is 9.56. The van der Waals surface area contributed by atoms with Crippen LogP contribution in [0.5, 0.6) is 11.6 Å². The molecule has 0 amide bonds. The Morgan fingerprint density at radius 2 is 1.67 bits per heavy atom. The number of nitrogens with zero attached hydrogens (tertiary/aromatic N) is 5. The van der Waals surface area contributed by atoms with Gasteiger partial charge in [0.1, 0.15) is 17.4 Å². The minimum atomic E-state index is -3.85. The van der Waals surface area contributed by atoms with E-state index in [2.05, 4.69) is 9.97 Å². The van der Waals surface area contributed by atoms with E-state index in [9.17, 15) is 18.5 Å². The molecule has 1 aliphatic rings. The average molecular weight is 470 g/mol. The molecule has 33 heavy (non-hydrogen) atoms. The first-order chi connectivity index (χ1) is 15.7. The minimum Gasteiger partial charge on any atom is -0.439 e. The van der Waals surface area contributed by atoms with Crippen molar-refractivity contribution < 1.29 is 18.1 Å². The van der Waals surface area contributed by atoms with Gasteiger partial charge in [0.2, 0.25) is 15.9 Å². The van der Waals surface area contributed by atoms with Crippen LogP contribution in [0.3, 0.4) is 0 Å². The molecular weight excluding hydrogens is 446 g/mol. The van der Waals surface area contributed by atoms with Gasteiger partial charge < -0.3 is 9.64 Å². The smallest absolute Gasteiger partial charge is 0.273 e. The van der Waals surface area contributed by atoms with Gasteiger partial charge in [-0.3, -0.25) is 10.1 Å². The maximum atomic E-state index is 13.1. The van der Waals surface area contributed by atoms with Gasteiger partial charge in [-0.2, -0.15) is 9.29 Å². The molecule has 0 N–H and O–H groups in total. The highest BCUT2D eigenvalue weighted by Gasteiger charge is 2.30. The molecule has 2 heterocycles. The summed E-state index contributed by atoms with van der Waals surface area (Å²) in [5.74, 6) is 2.26. The molecule has 0 spiro atoms. The van der Waals surface area contributed by atoms with E-state index < -0.39 is 14.9 Å². The maximum absolute atomic E-state index is 13.1. The van der Waals surface area contributed by atoms with E-state index in [0.717, 1.165) is 6.07 Å². The van der Waals surface area contributed by atoms with Crippen LogP contribution >= 0.6 is 0 Å². The van der Waals surface area contributed by atoms with Crippen LogP contribution in [0.2, 0.25) is 0 Å². The summed E-state index contributed by atoms with van der Waals surface area (Å²) in [7, 11) is -3.85. The van der Waals surface area contributed by atoms with Crippen molar-refractivity contribution in [3.05, 3.63) is 76.1 Å². The van der Waals surface area contributed by atoms with E-state index in [4.69, 9.17) is 4.74 Å². The summed E-state index contributed by atoms with van der Waals surface area (Å²) in [6, 6.07) is 15.0. The van der Waals surface area contributed by atoms with Gasteiger partial charge in [-0.25, -0.2) is 13.4 Å². The average Bonchev–Trinajstić information content (AvgIpc) is 2.79. The zero-order valence-electron chi connectivity index (χ0n) is 18.2. The third-order valence-corrected chi connectivity index (χ3v) is 7.24. The molecule has 0 unspecified atom stereocenters. The van der Waals surface area contributed by atoms with Gasteiger partial charge in [0.15, 0.2) is 0 Å². The maximum Gasteiger partial charge on any atom is 0.273 e. The molecule has 11 heteroatoms. The number of nitro benzene ring substituents is 1. The molecule has 1 aromatic heterocycles. The van der Waals surface area contributed by atoms with Gasteiger partial charge in [-0.05, 0) is 32.0 Å². The lowest BCUT2D eigenvalue weighted by atomic mass is 10.2. The molecule has 172 valence electrons. The molecule has 0 bridgehead atoms. The van der Waals surface area contributed by atoms with Crippen LogP contribution in [0.15, 0.2) is 59.5 Å². The lowest BCUT2D eigenvalue weighted by Crippen LogP contribution is -2.49. The molecule has 0 aliphatic carbocycles. The zero-order valence-corrected chi connectivity index (χ0v) is 19.0. The molecule has 0 saturated carbocycles. The van der Waals surface area contributed by atoms with Crippen LogP contribution in [0, 0.1) is 24.0 Å². The van der Waals surface area contributed by atoms with Gasteiger partial charge >= 0.3 is 0 Å². The molecule has 10 nitrogen and oxygen atoms in total. The predicted molar refractivity (Wildman–Crippen MR) is 122 cm³/mol. The van der Waals surface area contributed by atoms with Crippen LogP contribution < -0.4 is 9.64 Å². The number of nitro groups is 1. The number of hydrogen-bond acceptors (Lipinski definition) is 8. The van der Waals surface area contributed by atoms with Crippen molar-refractivity contribution in [1.82, 2.24) is 14.3 Å². The highest BCUT2D eigenvalue weighted by Crippen LogP contribution is 2.27. The zero-order chi connectivity index (χ0) is 23.6. The van der Waals surface area contributed by atoms with E-state index in [1.807, 2.05) is 35.2 Å². The third kappa shape index (κ3) is 4.94.